The van der Waals surface area contributed by atoms with Gasteiger partial charge < -0.3 is 10.2 Å². The van der Waals surface area contributed by atoms with Crippen LogP contribution in [0, 0.1) is 0 Å². The summed E-state index contributed by atoms with van der Waals surface area (Å²) >= 11 is 0. The molecule has 1 heterocycles. The average molecular weight is 274 g/mol. The van der Waals surface area contributed by atoms with Gasteiger partial charge in [0.2, 0.25) is 0 Å². The number of hydrogen-bond donors (Lipinski definition) is 1. The van der Waals surface area contributed by atoms with Crippen LogP contribution < -0.4 is 5.32 Å². The first kappa shape index (κ1) is 14.7. The van der Waals surface area contributed by atoms with E-state index in [0.29, 0.717) is 11.3 Å². The molecule has 0 bridgehead atoms. The molecule has 0 fully saturated rings. The first-order valence-electron chi connectivity index (χ1n) is 7.37. The maximum atomic E-state index is 11.9. The molecule has 20 heavy (non-hydrogen) atoms. The molecular weight excluding hydrogens is 252 g/mol. The van der Waals surface area contributed by atoms with Gasteiger partial charge in [0, 0.05) is 6.54 Å². The molecule has 1 amide bonds. The zero-order valence-corrected chi connectivity index (χ0v) is 12.2. The Morgan fingerprint density at radius 2 is 1.75 bits per heavy atom. The lowest BCUT2D eigenvalue weighted by molar-refractivity contribution is -0.112. The van der Waals surface area contributed by atoms with Crippen molar-refractivity contribution in [2.24, 2.45) is 0 Å². The second-order valence-electron chi connectivity index (χ2n) is 5.21. The quantitative estimate of drug-likeness (QED) is 0.777. The van der Waals surface area contributed by atoms with Gasteiger partial charge in [-0.25, -0.2) is 0 Å². The molecule has 1 aromatic rings. The van der Waals surface area contributed by atoms with Gasteiger partial charge >= 0.3 is 0 Å². The summed E-state index contributed by atoms with van der Waals surface area (Å²) in [6.45, 7) is 7.44. The smallest absolute Gasteiger partial charge is 0.296 e. The summed E-state index contributed by atoms with van der Waals surface area (Å²) in [5.41, 5.74) is 2.21. The highest BCUT2D eigenvalue weighted by Gasteiger charge is 2.30. The lowest BCUT2D eigenvalue weighted by atomic mass is 10.0. The van der Waals surface area contributed by atoms with Gasteiger partial charge in [-0.3, -0.25) is 9.59 Å². The van der Waals surface area contributed by atoms with Crippen LogP contribution in [0.1, 0.15) is 42.6 Å². The van der Waals surface area contributed by atoms with Crippen molar-refractivity contribution in [3.8, 4) is 0 Å². The molecule has 0 atom stereocenters. The fourth-order valence-corrected chi connectivity index (χ4v) is 2.72. The van der Waals surface area contributed by atoms with Crippen molar-refractivity contribution < 1.29 is 9.59 Å². The number of ketones is 1. The molecule has 2 rings (SSSR count). The summed E-state index contributed by atoms with van der Waals surface area (Å²) in [5, 5.41) is 2.62. The van der Waals surface area contributed by atoms with Gasteiger partial charge in [0.05, 0.1) is 11.3 Å². The van der Waals surface area contributed by atoms with Crippen molar-refractivity contribution in [2.45, 2.75) is 33.1 Å². The fraction of sp³-hybridized carbons (Fsp3) is 0.500. The summed E-state index contributed by atoms with van der Waals surface area (Å²) in [5.74, 6) is -0.903. The number of hydrogen-bond acceptors (Lipinski definition) is 3. The van der Waals surface area contributed by atoms with Crippen molar-refractivity contribution in [3.05, 3.63) is 29.3 Å². The Labute approximate surface area is 120 Å². The summed E-state index contributed by atoms with van der Waals surface area (Å²) < 4.78 is 0. The van der Waals surface area contributed by atoms with E-state index in [1.165, 1.54) is 0 Å². The normalized spacial score (nSPS) is 13.8. The van der Waals surface area contributed by atoms with E-state index in [1.807, 2.05) is 12.1 Å². The van der Waals surface area contributed by atoms with Gasteiger partial charge in [-0.2, -0.15) is 0 Å². The Hall–Kier alpha value is -1.68. The minimum absolute atomic E-state index is 0.395. The zero-order chi connectivity index (χ0) is 14.5. The standard InChI is InChI=1S/C16H22N2O2/c1-3-9-18(10-4-2)11-8-12-6-5-7-13-14(12)15(19)16(20)17-13/h5-7H,3-4,8-11H2,1-2H3,(H,17,19,20). The third-order valence-electron chi connectivity index (χ3n) is 3.61. The summed E-state index contributed by atoms with van der Waals surface area (Å²) in [6.07, 6.45) is 3.07. The molecule has 1 aliphatic heterocycles. The Kier molecular flexibility index (Phi) is 4.90. The van der Waals surface area contributed by atoms with Crippen LogP contribution in [0.4, 0.5) is 5.69 Å². The van der Waals surface area contributed by atoms with Gasteiger partial charge in [0.1, 0.15) is 0 Å². The molecule has 0 saturated heterocycles. The van der Waals surface area contributed by atoms with Crippen LogP contribution in [0.3, 0.4) is 0 Å². The van der Waals surface area contributed by atoms with Crippen LogP contribution in [0.15, 0.2) is 18.2 Å². The molecule has 0 saturated carbocycles. The molecule has 0 aliphatic carbocycles. The van der Waals surface area contributed by atoms with Crippen molar-refractivity contribution in [2.75, 3.05) is 25.0 Å². The highest BCUT2D eigenvalue weighted by molar-refractivity contribution is 6.52. The lowest BCUT2D eigenvalue weighted by Crippen LogP contribution is -2.28. The minimum Gasteiger partial charge on any atom is -0.318 e. The van der Waals surface area contributed by atoms with Crippen LogP contribution in [0.25, 0.3) is 0 Å². The number of rotatable bonds is 7. The highest BCUT2D eigenvalue weighted by atomic mass is 16.2. The van der Waals surface area contributed by atoms with Crippen molar-refractivity contribution >= 4 is 17.4 Å². The fourth-order valence-electron chi connectivity index (χ4n) is 2.72. The Balaban J connectivity index is 2.09. The second kappa shape index (κ2) is 6.66. The summed E-state index contributed by atoms with van der Waals surface area (Å²) in [7, 11) is 0. The topological polar surface area (TPSA) is 49.4 Å². The van der Waals surface area contributed by atoms with E-state index in [2.05, 4.69) is 24.1 Å². The minimum atomic E-state index is -0.508. The van der Waals surface area contributed by atoms with E-state index in [1.54, 1.807) is 6.07 Å². The van der Waals surface area contributed by atoms with Gasteiger partial charge in [-0.15, -0.1) is 0 Å². The van der Waals surface area contributed by atoms with E-state index in [4.69, 9.17) is 0 Å². The first-order chi connectivity index (χ1) is 9.67. The maximum absolute atomic E-state index is 11.9. The Bertz CT molecular complexity index is 505. The third-order valence-corrected chi connectivity index (χ3v) is 3.61. The number of nitrogens with zero attached hydrogens (tertiary/aromatic N) is 1. The third kappa shape index (κ3) is 3.07. The molecule has 1 N–H and O–H groups in total. The molecule has 0 unspecified atom stereocenters. The lowest BCUT2D eigenvalue weighted by Gasteiger charge is -2.21. The molecule has 0 aromatic heterocycles. The number of benzene rings is 1. The molecule has 0 spiro atoms. The van der Waals surface area contributed by atoms with Crippen molar-refractivity contribution in [1.29, 1.82) is 0 Å². The number of fused-ring (bicyclic) bond motifs is 1. The van der Waals surface area contributed by atoms with Gasteiger partial charge in [0.25, 0.3) is 11.7 Å². The van der Waals surface area contributed by atoms with E-state index in [-0.39, 0.29) is 0 Å². The second-order valence-corrected chi connectivity index (χ2v) is 5.21. The molecule has 1 aromatic carbocycles. The van der Waals surface area contributed by atoms with E-state index in [9.17, 15) is 9.59 Å². The number of anilines is 1. The maximum Gasteiger partial charge on any atom is 0.296 e. The van der Waals surface area contributed by atoms with E-state index >= 15 is 0 Å². The first-order valence-corrected chi connectivity index (χ1v) is 7.37. The number of Topliss-reactive ketones (excluding diaryl/α,β-unsaturated/α-hetero) is 1. The predicted molar refractivity (Wildman–Crippen MR) is 80.1 cm³/mol. The number of amides is 1. The van der Waals surface area contributed by atoms with E-state index in [0.717, 1.165) is 44.5 Å². The van der Waals surface area contributed by atoms with Crippen molar-refractivity contribution in [1.82, 2.24) is 4.90 Å². The predicted octanol–water partition coefficient (Wildman–Crippen LogP) is 2.49. The van der Waals surface area contributed by atoms with Crippen LogP contribution in [-0.4, -0.2) is 36.2 Å². The molecule has 1 aliphatic rings. The number of nitrogens with one attached hydrogen (secondary N) is 1. The molecule has 4 heteroatoms. The Morgan fingerprint density at radius 1 is 1.05 bits per heavy atom. The molecule has 4 nitrogen and oxygen atoms in total. The van der Waals surface area contributed by atoms with Crippen LogP contribution in [-0.2, 0) is 11.2 Å². The summed E-state index contributed by atoms with van der Waals surface area (Å²) in [6, 6.07) is 5.64. The number of carbonyl (C=O) groups is 2. The van der Waals surface area contributed by atoms with Gasteiger partial charge in [0.15, 0.2) is 0 Å². The highest BCUT2D eigenvalue weighted by Crippen LogP contribution is 2.26. The molecular formula is C16H22N2O2. The van der Waals surface area contributed by atoms with Crippen LogP contribution >= 0.6 is 0 Å². The van der Waals surface area contributed by atoms with Crippen LogP contribution in [0.5, 0.6) is 0 Å². The van der Waals surface area contributed by atoms with E-state index < -0.39 is 11.7 Å². The van der Waals surface area contributed by atoms with Gasteiger partial charge in [-0.05, 0) is 44.0 Å². The monoisotopic (exact) mass is 274 g/mol. The molecule has 0 radical (unpaired) electrons. The van der Waals surface area contributed by atoms with Crippen LogP contribution in [0.2, 0.25) is 0 Å². The Morgan fingerprint density at radius 3 is 2.40 bits per heavy atom. The zero-order valence-electron chi connectivity index (χ0n) is 12.2. The SMILES string of the molecule is CCCN(CCC)CCc1cccc2c1C(=O)C(=O)N2. The summed E-state index contributed by atoms with van der Waals surface area (Å²) in [4.78, 5) is 25.8. The molecule has 108 valence electrons. The number of carbonyl (C=O) groups excluding carboxylic acids is 2. The average Bonchev–Trinajstić information content (AvgIpc) is 2.73. The van der Waals surface area contributed by atoms with Crippen molar-refractivity contribution in [3.63, 3.8) is 0 Å². The largest absolute Gasteiger partial charge is 0.318 e. The van der Waals surface area contributed by atoms with Gasteiger partial charge in [-0.1, -0.05) is 26.0 Å².